The lowest BCUT2D eigenvalue weighted by molar-refractivity contribution is -0.122. The molecule has 0 saturated carbocycles. The van der Waals surface area contributed by atoms with Gasteiger partial charge in [-0.3, -0.25) is 4.79 Å². The first-order chi connectivity index (χ1) is 9.58. The largest absolute Gasteiger partial charge is 0.369 e. The van der Waals surface area contributed by atoms with Crippen LogP contribution in [0, 0.1) is 5.92 Å². The first kappa shape index (κ1) is 15.2. The van der Waals surface area contributed by atoms with Gasteiger partial charge in [-0.05, 0) is 38.2 Å². The van der Waals surface area contributed by atoms with Gasteiger partial charge in [0.2, 0.25) is 5.91 Å². The molecule has 2 atom stereocenters. The van der Waals surface area contributed by atoms with Crippen molar-refractivity contribution in [2.75, 3.05) is 17.7 Å². The molecule has 1 amide bonds. The summed E-state index contributed by atoms with van der Waals surface area (Å²) in [5.74, 6) is -0.257. The number of anilines is 1. The summed E-state index contributed by atoms with van der Waals surface area (Å²) in [6.07, 6.45) is 3.93. The lowest BCUT2D eigenvalue weighted by Crippen LogP contribution is -2.46. The quantitative estimate of drug-likeness (QED) is 0.832. The number of rotatable bonds is 4. The van der Waals surface area contributed by atoms with Crippen LogP contribution >= 0.6 is 11.8 Å². The number of amides is 1. The van der Waals surface area contributed by atoms with Crippen molar-refractivity contribution in [3.05, 3.63) is 23.8 Å². The van der Waals surface area contributed by atoms with Gasteiger partial charge in [-0.25, -0.2) is 0 Å². The van der Waals surface area contributed by atoms with Crippen molar-refractivity contribution >= 4 is 23.4 Å². The molecule has 0 bridgehead atoms. The molecule has 1 aliphatic heterocycles. The predicted molar refractivity (Wildman–Crippen MR) is 84.8 cm³/mol. The topological polar surface area (TPSA) is 72.3 Å². The van der Waals surface area contributed by atoms with Crippen LogP contribution in [0.4, 0.5) is 5.69 Å². The van der Waals surface area contributed by atoms with E-state index in [-0.39, 0.29) is 11.8 Å². The average molecular weight is 293 g/mol. The van der Waals surface area contributed by atoms with Gasteiger partial charge in [-0.15, -0.1) is 11.8 Å². The second-order valence-corrected chi connectivity index (χ2v) is 6.19. The molecule has 0 aliphatic carbocycles. The zero-order valence-corrected chi connectivity index (χ0v) is 13.0. The fourth-order valence-corrected chi connectivity index (χ4v) is 3.54. The van der Waals surface area contributed by atoms with Crippen molar-refractivity contribution in [3.8, 4) is 0 Å². The van der Waals surface area contributed by atoms with Gasteiger partial charge in [-0.1, -0.05) is 6.07 Å². The normalized spacial score (nSPS) is 22.9. The maximum Gasteiger partial charge on any atom is 0.222 e. The van der Waals surface area contributed by atoms with Gasteiger partial charge in [0.05, 0.1) is 5.92 Å². The number of piperidine rings is 1. The van der Waals surface area contributed by atoms with Crippen molar-refractivity contribution in [2.45, 2.75) is 37.2 Å². The fourth-order valence-electron chi connectivity index (χ4n) is 2.89. The van der Waals surface area contributed by atoms with E-state index < -0.39 is 0 Å². The van der Waals surface area contributed by atoms with Gasteiger partial charge in [0.15, 0.2) is 0 Å². The van der Waals surface area contributed by atoms with Crippen LogP contribution < -0.4 is 16.4 Å². The number of hydrogen-bond acceptors (Lipinski definition) is 4. The summed E-state index contributed by atoms with van der Waals surface area (Å²) in [5, 5.41) is 0. The van der Waals surface area contributed by atoms with Gasteiger partial charge in [0.25, 0.3) is 0 Å². The standard InChI is InChI=1S/C15H23N3OS/c1-10-6-7-11(15(17)19)9-18(10)13-4-3-5-14(20-2)12(13)8-16/h3-5,10-11H,6-9,16H2,1-2H3,(H2,17,19). The van der Waals surface area contributed by atoms with E-state index in [4.69, 9.17) is 11.5 Å². The molecule has 4 N–H and O–H groups in total. The number of carbonyl (C=O) groups is 1. The van der Waals surface area contributed by atoms with Gasteiger partial charge in [-0.2, -0.15) is 0 Å². The molecule has 20 heavy (non-hydrogen) atoms. The Balaban J connectivity index is 2.35. The molecular formula is C15H23N3OS. The van der Waals surface area contributed by atoms with Gasteiger partial charge in [0.1, 0.15) is 0 Å². The third-order valence-corrected chi connectivity index (χ3v) is 4.95. The van der Waals surface area contributed by atoms with Crippen molar-refractivity contribution in [2.24, 2.45) is 17.4 Å². The molecule has 4 nitrogen and oxygen atoms in total. The third-order valence-electron chi connectivity index (χ3n) is 4.13. The zero-order valence-electron chi connectivity index (χ0n) is 12.1. The van der Waals surface area contributed by atoms with Crippen molar-refractivity contribution in [1.29, 1.82) is 0 Å². The Labute approximate surface area is 124 Å². The number of hydrogen-bond donors (Lipinski definition) is 2. The maximum absolute atomic E-state index is 11.5. The molecule has 1 saturated heterocycles. The molecule has 1 fully saturated rings. The van der Waals surface area contributed by atoms with Gasteiger partial charge >= 0.3 is 0 Å². The summed E-state index contributed by atoms with van der Waals surface area (Å²) in [7, 11) is 0. The molecule has 2 rings (SSSR count). The van der Waals surface area contributed by atoms with E-state index in [2.05, 4.69) is 36.3 Å². The second kappa shape index (κ2) is 6.50. The fraction of sp³-hybridized carbons (Fsp3) is 0.533. The summed E-state index contributed by atoms with van der Waals surface area (Å²) in [6.45, 7) is 3.40. The average Bonchev–Trinajstić information content (AvgIpc) is 2.46. The monoisotopic (exact) mass is 293 g/mol. The lowest BCUT2D eigenvalue weighted by atomic mass is 9.92. The minimum atomic E-state index is -0.197. The minimum absolute atomic E-state index is 0.0604. The zero-order chi connectivity index (χ0) is 14.7. The van der Waals surface area contributed by atoms with E-state index >= 15 is 0 Å². The molecule has 1 aliphatic rings. The van der Waals surface area contributed by atoms with E-state index in [1.54, 1.807) is 11.8 Å². The first-order valence-corrected chi connectivity index (χ1v) is 8.22. The highest BCUT2D eigenvalue weighted by Crippen LogP contribution is 2.34. The molecule has 1 aromatic carbocycles. The van der Waals surface area contributed by atoms with Gasteiger partial charge < -0.3 is 16.4 Å². The minimum Gasteiger partial charge on any atom is -0.369 e. The summed E-state index contributed by atoms with van der Waals surface area (Å²) in [4.78, 5) is 15.0. The smallest absolute Gasteiger partial charge is 0.222 e. The highest BCUT2D eigenvalue weighted by atomic mass is 32.2. The highest BCUT2D eigenvalue weighted by Gasteiger charge is 2.30. The van der Waals surface area contributed by atoms with Crippen LogP contribution in [0.1, 0.15) is 25.3 Å². The van der Waals surface area contributed by atoms with Crippen LogP contribution in [0.25, 0.3) is 0 Å². The number of carbonyl (C=O) groups excluding carboxylic acids is 1. The van der Waals surface area contributed by atoms with Gasteiger partial charge in [0, 0.05) is 35.3 Å². The summed E-state index contributed by atoms with van der Waals surface area (Å²) in [5.41, 5.74) is 13.7. The highest BCUT2D eigenvalue weighted by molar-refractivity contribution is 7.98. The number of benzene rings is 1. The van der Waals surface area contributed by atoms with Crippen LogP contribution in [-0.2, 0) is 11.3 Å². The first-order valence-electron chi connectivity index (χ1n) is 7.00. The van der Waals surface area contributed by atoms with E-state index in [9.17, 15) is 4.79 Å². The molecule has 0 radical (unpaired) electrons. The summed E-state index contributed by atoms with van der Waals surface area (Å²) in [6, 6.07) is 6.66. The van der Waals surface area contributed by atoms with Crippen LogP contribution in [0.15, 0.2) is 23.1 Å². The predicted octanol–water partition coefficient (Wildman–Crippen LogP) is 1.96. The Morgan fingerprint density at radius 1 is 1.45 bits per heavy atom. The molecule has 1 heterocycles. The molecular weight excluding hydrogens is 270 g/mol. The number of thioether (sulfide) groups is 1. The number of primary amides is 1. The van der Waals surface area contributed by atoms with Crippen LogP contribution in [0.5, 0.6) is 0 Å². The van der Waals surface area contributed by atoms with Crippen LogP contribution in [0.2, 0.25) is 0 Å². The Morgan fingerprint density at radius 3 is 2.80 bits per heavy atom. The van der Waals surface area contributed by atoms with E-state index in [0.29, 0.717) is 19.1 Å². The van der Waals surface area contributed by atoms with Crippen molar-refractivity contribution < 1.29 is 4.79 Å². The summed E-state index contributed by atoms with van der Waals surface area (Å²) >= 11 is 1.71. The molecule has 1 aromatic rings. The third kappa shape index (κ3) is 2.94. The van der Waals surface area contributed by atoms with Crippen LogP contribution in [0.3, 0.4) is 0 Å². The van der Waals surface area contributed by atoms with E-state index in [1.807, 2.05) is 0 Å². The van der Waals surface area contributed by atoms with Crippen molar-refractivity contribution in [3.63, 3.8) is 0 Å². The van der Waals surface area contributed by atoms with Crippen LogP contribution in [-0.4, -0.2) is 24.7 Å². The number of nitrogens with two attached hydrogens (primary N) is 2. The van der Waals surface area contributed by atoms with E-state index in [0.717, 1.165) is 24.1 Å². The Kier molecular flexibility index (Phi) is 4.94. The second-order valence-electron chi connectivity index (χ2n) is 5.34. The SMILES string of the molecule is CSc1cccc(N2CC(C(N)=O)CCC2C)c1CN. The molecule has 2 unspecified atom stereocenters. The lowest BCUT2D eigenvalue weighted by Gasteiger charge is -2.40. The number of nitrogens with zero attached hydrogens (tertiary/aromatic N) is 1. The summed E-state index contributed by atoms with van der Waals surface area (Å²) < 4.78 is 0. The Bertz CT molecular complexity index is 492. The molecule has 5 heteroatoms. The maximum atomic E-state index is 11.5. The molecule has 0 spiro atoms. The van der Waals surface area contributed by atoms with Crippen molar-refractivity contribution in [1.82, 2.24) is 0 Å². The Morgan fingerprint density at radius 2 is 2.20 bits per heavy atom. The Hall–Kier alpha value is -1.20. The molecule has 110 valence electrons. The van der Waals surface area contributed by atoms with E-state index in [1.165, 1.54) is 4.90 Å². The molecule has 0 aromatic heterocycles.